The first-order chi connectivity index (χ1) is 19.3. The summed E-state index contributed by atoms with van der Waals surface area (Å²) in [5.74, 6) is 0.265. The van der Waals surface area contributed by atoms with Crippen LogP contribution in [0.1, 0.15) is 27.4 Å². The van der Waals surface area contributed by atoms with Gasteiger partial charge in [-0.3, -0.25) is 9.59 Å². The number of hydrogen-bond acceptors (Lipinski definition) is 6. The topological polar surface area (TPSA) is 85.7 Å². The van der Waals surface area contributed by atoms with Gasteiger partial charge in [0, 0.05) is 43.3 Å². The van der Waals surface area contributed by atoms with E-state index in [4.69, 9.17) is 9.47 Å². The van der Waals surface area contributed by atoms with Crippen LogP contribution in [-0.4, -0.2) is 55.2 Å². The molecule has 0 aliphatic rings. The van der Waals surface area contributed by atoms with Crippen molar-refractivity contribution in [1.82, 2.24) is 9.55 Å². The molecular formula is C32H36N4O4. The van der Waals surface area contributed by atoms with Gasteiger partial charge >= 0.3 is 0 Å². The highest BCUT2D eigenvalue weighted by Gasteiger charge is 2.26. The number of benzene rings is 2. The lowest BCUT2D eigenvalue weighted by atomic mass is 10.0. The molecule has 208 valence electrons. The van der Waals surface area contributed by atoms with Crippen LogP contribution >= 0.6 is 0 Å². The minimum atomic E-state index is -0.704. The van der Waals surface area contributed by atoms with Crippen molar-refractivity contribution in [3.05, 3.63) is 95.4 Å². The molecule has 0 saturated carbocycles. The highest BCUT2D eigenvalue weighted by atomic mass is 16.5. The van der Waals surface area contributed by atoms with E-state index in [0.717, 1.165) is 28.3 Å². The summed E-state index contributed by atoms with van der Waals surface area (Å²) >= 11 is 0. The largest absolute Gasteiger partial charge is 0.492 e. The molecule has 4 rings (SSSR count). The highest BCUT2D eigenvalue weighted by molar-refractivity contribution is 6.47. The zero-order valence-electron chi connectivity index (χ0n) is 23.7. The molecule has 8 nitrogen and oxygen atoms in total. The molecule has 8 heteroatoms. The SMILES string of the molecule is COCCn1c(C)cc(-c2ccccc2)c1C(=O)C(=O)Nc1ccc(OCCN(C)c2cc(C)cc(C)n2)cc1. The normalized spacial score (nSPS) is 10.8. The first kappa shape index (κ1) is 28.6. The number of nitrogens with zero attached hydrogens (tertiary/aromatic N) is 3. The van der Waals surface area contributed by atoms with Crippen LogP contribution in [0.25, 0.3) is 11.1 Å². The Bertz CT molecular complexity index is 1440. The number of Topliss-reactive ketones (excluding diaryl/α,β-unsaturated/α-hetero) is 1. The van der Waals surface area contributed by atoms with Gasteiger partial charge in [-0.15, -0.1) is 0 Å². The number of carbonyl (C=O) groups excluding carboxylic acids is 2. The van der Waals surface area contributed by atoms with Gasteiger partial charge in [0.05, 0.1) is 13.2 Å². The lowest BCUT2D eigenvalue weighted by Gasteiger charge is -2.19. The maximum Gasteiger partial charge on any atom is 0.298 e. The van der Waals surface area contributed by atoms with E-state index in [1.165, 1.54) is 5.56 Å². The smallest absolute Gasteiger partial charge is 0.298 e. The second kappa shape index (κ2) is 13.1. The number of ketones is 1. The Labute approximate surface area is 235 Å². The van der Waals surface area contributed by atoms with Gasteiger partial charge in [-0.05, 0) is 74.4 Å². The number of aromatic nitrogens is 2. The van der Waals surface area contributed by atoms with Gasteiger partial charge in [-0.25, -0.2) is 4.98 Å². The third-order valence-electron chi connectivity index (χ3n) is 6.61. The van der Waals surface area contributed by atoms with Gasteiger partial charge in [0.2, 0.25) is 0 Å². The van der Waals surface area contributed by atoms with Crippen LogP contribution < -0.4 is 15.0 Å². The van der Waals surface area contributed by atoms with E-state index in [1.807, 2.05) is 78.9 Å². The molecule has 4 aromatic rings. The molecule has 0 atom stereocenters. The molecule has 2 aromatic carbocycles. The summed E-state index contributed by atoms with van der Waals surface area (Å²) in [6.07, 6.45) is 0. The monoisotopic (exact) mass is 540 g/mol. The number of carbonyl (C=O) groups is 2. The molecule has 0 aliphatic carbocycles. The van der Waals surface area contributed by atoms with Crippen LogP contribution in [0.2, 0.25) is 0 Å². The van der Waals surface area contributed by atoms with Crippen molar-refractivity contribution in [2.45, 2.75) is 27.3 Å². The van der Waals surface area contributed by atoms with Crippen LogP contribution in [0.3, 0.4) is 0 Å². The van der Waals surface area contributed by atoms with Crippen LogP contribution in [0.5, 0.6) is 5.75 Å². The third kappa shape index (κ3) is 6.95. The third-order valence-corrected chi connectivity index (χ3v) is 6.61. The molecule has 0 aliphatic heterocycles. The molecule has 0 fully saturated rings. The second-order valence-electron chi connectivity index (χ2n) is 9.78. The number of hydrogen-bond donors (Lipinski definition) is 1. The molecule has 0 saturated heterocycles. The van der Waals surface area contributed by atoms with E-state index in [1.54, 1.807) is 31.4 Å². The van der Waals surface area contributed by atoms with Crippen molar-refractivity contribution in [2.24, 2.45) is 0 Å². The fourth-order valence-electron chi connectivity index (χ4n) is 4.59. The Kier molecular flexibility index (Phi) is 9.35. The predicted molar refractivity (Wildman–Crippen MR) is 158 cm³/mol. The van der Waals surface area contributed by atoms with Crippen molar-refractivity contribution in [2.75, 3.05) is 44.1 Å². The number of methoxy groups -OCH3 is 1. The summed E-state index contributed by atoms with van der Waals surface area (Å²) in [5.41, 5.74) is 5.48. The molecule has 2 aromatic heterocycles. The fraction of sp³-hybridized carbons (Fsp3) is 0.281. The quantitative estimate of drug-likeness (QED) is 0.190. The Hall–Kier alpha value is -4.43. The first-order valence-corrected chi connectivity index (χ1v) is 13.3. The number of rotatable bonds is 12. The molecule has 2 heterocycles. The standard InChI is InChI=1S/C32H36N4O4/c1-22-19-23(2)33-29(20-22)35(4)15-18-40-27-13-11-26(12-14-27)34-32(38)31(37)30-28(25-9-7-6-8-10-25)21-24(3)36(30)16-17-39-5/h6-14,19-21H,15-18H2,1-5H3,(H,34,38). The maximum absolute atomic E-state index is 13.5. The first-order valence-electron chi connectivity index (χ1n) is 13.3. The number of pyridine rings is 1. The van der Waals surface area contributed by atoms with Crippen molar-refractivity contribution in [3.8, 4) is 16.9 Å². The van der Waals surface area contributed by atoms with Gasteiger partial charge < -0.3 is 24.3 Å². The molecule has 0 bridgehead atoms. The summed E-state index contributed by atoms with van der Waals surface area (Å²) in [4.78, 5) is 33.2. The van der Waals surface area contributed by atoms with Crippen molar-refractivity contribution < 1.29 is 19.1 Å². The van der Waals surface area contributed by atoms with Crippen molar-refractivity contribution in [3.63, 3.8) is 0 Å². The number of likely N-dealkylation sites (N-methyl/N-ethyl adjacent to an activating group) is 1. The summed E-state index contributed by atoms with van der Waals surface area (Å²) in [5, 5.41) is 2.74. The van der Waals surface area contributed by atoms with Gasteiger partial charge in [0.1, 0.15) is 23.9 Å². The summed E-state index contributed by atoms with van der Waals surface area (Å²) in [6, 6.07) is 22.6. The molecule has 0 spiro atoms. The maximum atomic E-state index is 13.5. The van der Waals surface area contributed by atoms with Crippen molar-refractivity contribution in [1.29, 1.82) is 0 Å². The lowest BCUT2D eigenvalue weighted by molar-refractivity contribution is -0.112. The van der Waals surface area contributed by atoms with E-state index < -0.39 is 11.7 Å². The lowest BCUT2D eigenvalue weighted by Crippen LogP contribution is -2.26. The zero-order chi connectivity index (χ0) is 28.6. The Morgan fingerprint density at radius 3 is 2.35 bits per heavy atom. The van der Waals surface area contributed by atoms with Crippen LogP contribution in [0.15, 0.2) is 72.8 Å². The minimum absolute atomic E-state index is 0.348. The molecule has 0 unspecified atom stereocenters. The molecule has 40 heavy (non-hydrogen) atoms. The highest BCUT2D eigenvalue weighted by Crippen LogP contribution is 2.28. The number of nitrogens with one attached hydrogen (secondary N) is 1. The van der Waals surface area contributed by atoms with Crippen molar-refractivity contribution >= 4 is 23.2 Å². The van der Waals surface area contributed by atoms with Gasteiger partial charge in [0.15, 0.2) is 0 Å². The predicted octanol–water partition coefficient (Wildman–Crippen LogP) is 5.46. The fourth-order valence-corrected chi connectivity index (χ4v) is 4.59. The van der Waals surface area contributed by atoms with E-state index >= 15 is 0 Å². The molecule has 0 radical (unpaired) electrons. The van der Waals surface area contributed by atoms with Crippen LogP contribution in [0.4, 0.5) is 11.5 Å². The van der Waals surface area contributed by atoms with E-state index in [0.29, 0.717) is 43.4 Å². The van der Waals surface area contributed by atoms with Gasteiger partial charge in [-0.2, -0.15) is 0 Å². The molecule has 1 N–H and O–H groups in total. The van der Waals surface area contributed by atoms with Gasteiger partial charge in [0.25, 0.3) is 11.7 Å². The van der Waals surface area contributed by atoms with E-state index in [2.05, 4.69) is 17.2 Å². The number of anilines is 2. The van der Waals surface area contributed by atoms with Crippen LogP contribution in [0, 0.1) is 20.8 Å². The average molecular weight is 541 g/mol. The Balaban J connectivity index is 1.41. The number of amides is 1. The molecular weight excluding hydrogens is 504 g/mol. The second-order valence-corrected chi connectivity index (χ2v) is 9.78. The summed E-state index contributed by atoms with van der Waals surface area (Å²) in [6.45, 7) is 7.97. The molecule has 1 amide bonds. The Morgan fingerprint density at radius 1 is 0.950 bits per heavy atom. The summed E-state index contributed by atoms with van der Waals surface area (Å²) in [7, 11) is 3.59. The van der Waals surface area contributed by atoms with E-state index in [9.17, 15) is 9.59 Å². The Morgan fingerprint density at radius 2 is 1.68 bits per heavy atom. The zero-order valence-corrected chi connectivity index (χ0v) is 23.7. The van der Waals surface area contributed by atoms with Crippen LogP contribution in [-0.2, 0) is 16.1 Å². The minimum Gasteiger partial charge on any atom is -0.492 e. The van der Waals surface area contributed by atoms with Gasteiger partial charge in [-0.1, -0.05) is 30.3 Å². The number of ether oxygens (including phenoxy) is 2. The summed E-state index contributed by atoms with van der Waals surface area (Å²) < 4.78 is 13.0. The average Bonchev–Trinajstić information content (AvgIpc) is 3.27. The number of aryl methyl sites for hydroxylation is 3. The van der Waals surface area contributed by atoms with E-state index in [-0.39, 0.29) is 0 Å².